The van der Waals surface area contributed by atoms with Gasteiger partial charge in [-0.1, -0.05) is 46.3 Å². The molecule has 1 aromatic heterocycles. The number of nitrogens with one attached hydrogen (secondary N) is 1. The van der Waals surface area contributed by atoms with Gasteiger partial charge in [-0.05, 0) is 36.2 Å². The van der Waals surface area contributed by atoms with Crippen LogP contribution in [0.5, 0.6) is 0 Å². The first kappa shape index (κ1) is 19.4. The summed E-state index contributed by atoms with van der Waals surface area (Å²) in [7, 11) is 1.37. The predicted molar refractivity (Wildman–Crippen MR) is 112 cm³/mol. The fraction of sp³-hybridized carbons (Fsp3) is 0.200. The quantitative estimate of drug-likeness (QED) is 0.545. The summed E-state index contributed by atoms with van der Waals surface area (Å²) in [6, 6.07) is 18.1. The molecule has 0 fully saturated rings. The molecule has 140 valence electrons. The Morgan fingerprint density at radius 3 is 2.63 bits per heavy atom. The van der Waals surface area contributed by atoms with Gasteiger partial charge in [0, 0.05) is 22.9 Å². The number of thiazole rings is 1. The molecule has 0 unspecified atom stereocenters. The van der Waals surface area contributed by atoms with Crippen molar-refractivity contribution in [1.82, 2.24) is 9.88 Å². The molecule has 3 aromatic rings. The maximum Gasteiger partial charge on any atom is 0.406 e. The summed E-state index contributed by atoms with van der Waals surface area (Å²) in [6.07, 6.45) is 0.366. The van der Waals surface area contributed by atoms with Crippen molar-refractivity contribution in [2.45, 2.75) is 13.0 Å². The normalized spacial score (nSPS) is 11.4. The predicted octanol–water partition coefficient (Wildman–Crippen LogP) is 4.96. The number of rotatable bonds is 6. The van der Waals surface area contributed by atoms with Gasteiger partial charge >= 0.3 is 6.09 Å². The van der Waals surface area contributed by atoms with Crippen molar-refractivity contribution >= 4 is 39.0 Å². The monoisotopic (exact) mass is 445 g/mol. The summed E-state index contributed by atoms with van der Waals surface area (Å²) < 4.78 is 7.86. The summed E-state index contributed by atoms with van der Waals surface area (Å²) in [6.45, 7) is 1.28. The number of ether oxygens (including phenoxy) is 1. The Balaban J connectivity index is 1.90. The van der Waals surface area contributed by atoms with Gasteiger partial charge in [0.05, 0.1) is 18.5 Å². The number of carbonyl (C=O) groups is 1. The van der Waals surface area contributed by atoms with E-state index in [9.17, 15) is 4.79 Å². The van der Waals surface area contributed by atoms with Gasteiger partial charge in [-0.3, -0.25) is 0 Å². The molecule has 2 aromatic carbocycles. The van der Waals surface area contributed by atoms with Crippen molar-refractivity contribution in [3.05, 3.63) is 69.3 Å². The number of halogens is 1. The van der Waals surface area contributed by atoms with Crippen LogP contribution in [0.3, 0.4) is 0 Å². The van der Waals surface area contributed by atoms with E-state index in [1.807, 2.05) is 42.5 Å². The van der Waals surface area contributed by atoms with E-state index < -0.39 is 6.09 Å². The Hall–Kier alpha value is -2.38. The second kappa shape index (κ2) is 9.53. The molecule has 3 rings (SSSR count). The molecule has 27 heavy (non-hydrogen) atoms. The highest BCUT2D eigenvalue weighted by Crippen LogP contribution is 2.23. The minimum Gasteiger partial charge on any atom is -0.453 e. The highest BCUT2D eigenvalue weighted by molar-refractivity contribution is 9.10. The molecular weight excluding hydrogens is 426 g/mol. The summed E-state index contributed by atoms with van der Waals surface area (Å²) in [5, 5.41) is 4.85. The summed E-state index contributed by atoms with van der Waals surface area (Å²) in [4.78, 5) is 17.0. The lowest BCUT2D eigenvalue weighted by atomic mass is 10.2. The largest absolute Gasteiger partial charge is 0.453 e. The van der Waals surface area contributed by atoms with Crippen molar-refractivity contribution in [2.24, 2.45) is 4.99 Å². The maximum atomic E-state index is 11.2. The number of hydrogen-bond acceptors (Lipinski definition) is 4. The van der Waals surface area contributed by atoms with Gasteiger partial charge in [-0.15, -0.1) is 11.3 Å². The van der Waals surface area contributed by atoms with Crippen molar-refractivity contribution in [2.75, 3.05) is 13.7 Å². The van der Waals surface area contributed by atoms with Crippen molar-refractivity contribution in [3.8, 4) is 11.3 Å². The minimum atomic E-state index is -0.410. The number of hydrogen-bond donors (Lipinski definition) is 1. The molecule has 5 nitrogen and oxygen atoms in total. The van der Waals surface area contributed by atoms with Crippen LogP contribution in [-0.2, 0) is 11.3 Å². The second-order valence-electron chi connectivity index (χ2n) is 5.78. The van der Waals surface area contributed by atoms with Crippen LogP contribution in [-0.4, -0.2) is 24.3 Å². The SMILES string of the molecule is COC(=O)NCCCn1c(-c2ccc(Br)cc2)cs/c1=N/c1ccccc1. The van der Waals surface area contributed by atoms with E-state index in [0.717, 1.165) is 39.2 Å². The number of aromatic nitrogens is 1. The van der Waals surface area contributed by atoms with Gasteiger partial charge in [0.2, 0.25) is 0 Å². The average molecular weight is 446 g/mol. The van der Waals surface area contributed by atoms with Crippen LogP contribution < -0.4 is 10.1 Å². The topological polar surface area (TPSA) is 55.6 Å². The number of carbonyl (C=O) groups excluding carboxylic acids is 1. The highest BCUT2D eigenvalue weighted by atomic mass is 79.9. The van der Waals surface area contributed by atoms with Gasteiger partial charge < -0.3 is 14.6 Å². The van der Waals surface area contributed by atoms with Crippen LogP contribution in [0.4, 0.5) is 10.5 Å². The Kier molecular flexibility index (Phi) is 6.84. The molecule has 0 aliphatic heterocycles. The zero-order valence-corrected chi connectivity index (χ0v) is 17.3. The first-order valence-electron chi connectivity index (χ1n) is 8.53. The van der Waals surface area contributed by atoms with Crippen LogP contribution >= 0.6 is 27.3 Å². The third-order valence-corrected chi connectivity index (χ3v) is 5.32. The molecule has 0 saturated carbocycles. The molecule has 0 aliphatic carbocycles. The van der Waals surface area contributed by atoms with E-state index in [1.54, 1.807) is 11.3 Å². The summed E-state index contributed by atoms with van der Waals surface area (Å²) >= 11 is 5.09. The highest BCUT2D eigenvalue weighted by Gasteiger charge is 2.09. The van der Waals surface area contributed by atoms with Crippen molar-refractivity contribution in [1.29, 1.82) is 0 Å². The second-order valence-corrected chi connectivity index (χ2v) is 7.53. The van der Waals surface area contributed by atoms with Gasteiger partial charge in [-0.2, -0.15) is 0 Å². The van der Waals surface area contributed by atoms with E-state index in [-0.39, 0.29) is 0 Å². The summed E-state index contributed by atoms with van der Waals surface area (Å²) in [5.41, 5.74) is 3.16. The van der Waals surface area contributed by atoms with E-state index in [1.165, 1.54) is 7.11 Å². The van der Waals surface area contributed by atoms with Crippen molar-refractivity contribution in [3.63, 3.8) is 0 Å². The minimum absolute atomic E-state index is 0.410. The van der Waals surface area contributed by atoms with Gasteiger partial charge in [0.1, 0.15) is 0 Å². The zero-order chi connectivity index (χ0) is 19.1. The van der Waals surface area contributed by atoms with Crippen molar-refractivity contribution < 1.29 is 9.53 Å². The smallest absolute Gasteiger partial charge is 0.406 e. The molecule has 0 radical (unpaired) electrons. The van der Waals surface area contributed by atoms with Crippen LogP contribution in [0.2, 0.25) is 0 Å². The zero-order valence-electron chi connectivity index (χ0n) is 14.9. The number of methoxy groups -OCH3 is 1. The lowest BCUT2D eigenvalue weighted by Gasteiger charge is -2.10. The van der Waals surface area contributed by atoms with E-state index in [2.05, 4.69) is 48.1 Å². The molecule has 0 atom stereocenters. The van der Waals surface area contributed by atoms with E-state index in [4.69, 9.17) is 4.99 Å². The first-order valence-corrected chi connectivity index (χ1v) is 10.2. The maximum absolute atomic E-state index is 11.2. The number of alkyl carbamates (subject to hydrolysis) is 1. The standard InChI is InChI=1S/C20H20BrN3O2S/c1-26-20(25)22-12-5-13-24-18(15-8-10-16(21)11-9-15)14-27-19(24)23-17-6-3-2-4-7-17/h2-4,6-11,14H,5,12-13H2,1H3,(H,22,25)/b23-19+. The number of amides is 1. The van der Waals surface area contributed by atoms with E-state index in [0.29, 0.717) is 6.54 Å². The molecular formula is C20H20BrN3O2S. The average Bonchev–Trinajstić information content (AvgIpc) is 3.08. The van der Waals surface area contributed by atoms with Crippen LogP contribution in [0, 0.1) is 0 Å². The lowest BCUT2D eigenvalue weighted by Crippen LogP contribution is -2.26. The molecule has 0 aliphatic rings. The Labute approximate surface area is 170 Å². The lowest BCUT2D eigenvalue weighted by molar-refractivity contribution is 0.171. The Bertz CT molecular complexity index is 949. The van der Waals surface area contributed by atoms with Crippen LogP contribution in [0.15, 0.2) is 69.4 Å². The molecule has 0 saturated heterocycles. The summed E-state index contributed by atoms with van der Waals surface area (Å²) in [5.74, 6) is 0. The van der Waals surface area contributed by atoms with Crippen LogP contribution in [0.1, 0.15) is 6.42 Å². The van der Waals surface area contributed by atoms with Gasteiger partial charge in [0.25, 0.3) is 0 Å². The molecule has 1 N–H and O–H groups in total. The number of para-hydroxylation sites is 1. The Morgan fingerprint density at radius 2 is 1.93 bits per heavy atom. The van der Waals surface area contributed by atoms with Gasteiger partial charge in [-0.25, -0.2) is 9.79 Å². The first-order chi connectivity index (χ1) is 13.2. The Morgan fingerprint density at radius 1 is 1.19 bits per heavy atom. The molecule has 7 heteroatoms. The number of benzene rings is 2. The molecule has 1 heterocycles. The third-order valence-electron chi connectivity index (χ3n) is 3.93. The fourth-order valence-corrected chi connectivity index (χ4v) is 3.82. The van der Waals surface area contributed by atoms with Crippen LogP contribution in [0.25, 0.3) is 11.3 Å². The number of nitrogens with zero attached hydrogens (tertiary/aromatic N) is 2. The third kappa shape index (κ3) is 5.30. The fourth-order valence-electron chi connectivity index (χ4n) is 2.60. The van der Waals surface area contributed by atoms with E-state index >= 15 is 0 Å². The molecule has 0 bridgehead atoms. The van der Waals surface area contributed by atoms with Gasteiger partial charge in [0.15, 0.2) is 4.80 Å². The molecule has 0 spiro atoms. The molecule has 1 amide bonds.